The lowest BCUT2D eigenvalue weighted by Gasteiger charge is -2.08. The second-order valence-electron chi connectivity index (χ2n) is 4.47. The van der Waals surface area contributed by atoms with Crippen molar-refractivity contribution in [2.24, 2.45) is 0 Å². The molecule has 0 radical (unpaired) electrons. The molecule has 0 aromatic heterocycles. The quantitative estimate of drug-likeness (QED) is 0.467. The van der Waals surface area contributed by atoms with Crippen molar-refractivity contribution in [2.75, 3.05) is 6.61 Å². The van der Waals surface area contributed by atoms with E-state index in [4.69, 9.17) is 4.74 Å². The van der Waals surface area contributed by atoms with E-state index >= 15 is 0 Å². The third-order valence-corrected chi connectivity index (χ3v) is 2.89. The lowest BCUT2D eigenvalue weighted by atomic mass is 10.1. The van der Waals surface area contributed by atoms with Crippen molar-refractivity contribution in [1.29, 1.82) is 0 Å². The number of Topliss-reactive ketones (excluding diaryl/α,β-unsaturated/α-hetero) is 1. The second-order valence-corrected chi connectivity index (χ2v) is 4.47. The van der Waals surface area contributed by atoms with E-state index in [0.717, 1.165) is 11.6 Å². The first-order valence-corrected chi connectivity index (χ1v) is 6.79. The summed E-state index contributed by atoms with van der Waals surface area (Å²) in [7, 11) is 0. The van der Waals surface area contributed by atoms with E-state index in [0.29, 0.717) is 5.75 Å². The Morgan fingerprint density at radius 2 is 1.82 bits per heavy atom. The first-order valence-electron chi connectivity index (χ1n) is 6.79. The topological polar surface area (TPSA) is 52.6 Å². The normalized spacial score (nSPS) is 10.1. The van der Waals surface area contributed by atoms with Crippen molar-refractivity contribution in [2.45, 2.75) is 13.5 Å². The first-order chi connectivity index (χ1) is 10.6. The summed E-state index contributed by atoms with van der Waals surface area (Å²) < 4.78 is 23.8. The number of ketones is 1. The molecule has 22 heavy (non-hydrogen) atoms. The van der Waals surface area contributed by atoms with E-state index in [-0.39, 0.29) is 18.8 Å². The average molecular weight is 302 g/mol. The molecule has 0 saturated carbocycles. The van der Waals surface area contributed by atoms with E-state index in [1.54, 1.807) is 6.92 Å². The van der Waals surface area contributed by atoms with Gasteiger partial charge in [0.1, 0.15) is 18.2 Å². The standard InChI is InChI=1S/C17H15FO4/c1-2-21-17(20)16(19)14-10-13(8-9-15(14)18)22-11-12-6-4-3-5-7-12/h3-10H,2,11H2,1H3. The van der Waals surface area contributed by atoms with Gasteiger partial charge in [0.25, 0.3) is 5.78 Å². The SMILES string of the molecule is CCOC(=O)C(=O)c1cc(OCc2ccccc2)ccc1F. The molecular formula is C17H15FO4. The molecule has 114 valence electrons. The Bertz CT molecular complexity index is 668. The predicted octanol–water partition coefficient (Wildman–Crippen LogP) is 3.15. The Morgan fingerprint density at radius 3 is 2.50 bits per heavy atom. The van der Waals surface area contributed by atoms with Crippen molar-refractivity contribution < 1.29 is 23.5 Å². The number of hydrogen-bond donors (Lipinski definition) is 0. The van der Waals surface area contributed by atoms with Crippen LogP contribution in [0.1, 0.15) is 22.8 Å². The summed E-state index contributed by atoms with van der Waals surface area (Å²) in [5, 5.41) is 0. The molecular weight excluding hydrogens is 287 g/mol. The molecule has 0 aliphatic carbocycles. The van der Waals surface area contributed by atoms with E-state index in [2.05, 4.69) is 4.74 Å². The smallest absolute Gasteiger partial charge is 0.379 e. The van der Waals surface area contributed by atoms with Gasteiger partial charge in [-0.2, -0.15) is 0 Å². The van der Waals surface area contributed by atoms with Gasteiger partial charge in [-0.3, -0.25) is 4.79 Å². The molecule has 0 amide bonds. The number of carbonyl (C=O) groups is 2. The lowest BCUT2D eigenvalue weighted by molar-refractivity contribution is -0.137. The highest BCUT2D eigenvalue weighted by atomic mass is 19.1. The van der Waals surface area contributed by atoms with Crippen molar-refractivity contribution in [3.8, 4) is 5.75 Å². The van der Waals surface area contributed by atoms with Crippen LogP contribution >= 0.6 is 0 Å². The van der Waals surface area contributed by atoms with E-state index in [9.17, 15) is 14.0 Å². The molecule has 0 spiro atoms. The molecule has 0 N–H and O–H groups in total. The van der Waals surface area contributed by atoms with E-state index in [1.165, 1.54) is 12.1 Å². The minimum absolute atomic E-state index is 0.0520. The highest BCUT2D eigenvalue weighted by Gasteiger charge is 2.21. The Morgan fingerprint density at radius 1 is 1.09 bits per heavy atom. The van der Waals surface area contributed by atoms with Crippen LogP contribution in [-0.2, 0) is 16.1 Å². The highest BCUT2D eigenvalue weighted by molar-refractivity contribution is 6.40. The zero-order valence-corrected chi connectivity index (χ0v) is 12.0. The van der Waals surface area contributed by atoms with Gasteiger partial charge >= 0.3 is 5.97 Å². The minimum atomic E-state index is -1.08. The molecule has 0 saturated heterocycles. The fourth-order valence-corrected chi connectivity index (χ4v) is 1.82. The van der Waals surface area contributed by atoms with Gasteiger partial charge in [0.05, 0.1) is 12.2 Å². The van der Waals surface area contributed by atoms with Gasteiger partial charge in [-0.05, 0) is 30.7 Å². The zero-order valence-electron chi connectivity index (χ0n) is 12.0. The fraction of sp³-hybridized carbons (Fsp3) is 0.176. The summed E-state index contributed by atoms with van der Waals surface area (Å²) in [6.45, 7) is 1.90. The minimum Gasteiger partial charge on any atom is -0.489 e. The lowest BCUT2D eigenvalue weighted by Crippen LogP contribution is -2.18. The van der Waals surface area contributed by atoms with Crippen LogP contribution in [-0.4, -0.2) is 18.4 Å². The third-order valence-electron chi connectivity index (χ3n) is 2.89. The number of ether oxygens (including phenoxy) is 2. The molecule has 2 aromatic rings. The van der Waals surface area contributed by atoms with Crippen LogP contribution in [0.5, 0.6) is 5.75 Å². The van der Waals surface area contributed by atoms with Crippen molar-refractivity contribution >= 4 is 11.8 Å². The molecule has 0 fully saturated rings. The summed E-state index contributed by atoms with van der Waals surface area (Å²) >= 11 is 0. The average Bonchev–Trinajstić information content (AvgIpc) is 2.54. The number of hydrogen-bond acceptors (Lipinski definition) is 4. The van der Waals surface area contributed by atoms with Gasteiger partial charge in [0.15, 0.2) is 0 Å². The highest BCUT2D eigenvalue weighted by Crippen LogP contribution is 2.19. The summed E-state index contributed by atoms with van der Waals surface area (Å²) in [5.74, 6) is -2.59. The molecule has 2 aromatic carbocycles. The van der Waals surface area contributed by atoms with Crippen molar-refractivity contribution in [3.63, 3.8) is 0 Å². The molecule has 0 aliphatic heterocycles. The predicted molar refractivity (Wildman–Crippen MR) is 78.1 cm³/mol. The third kappa shape index (κ3) is 3.91. The second kappa shape index (κ2) is 7.36. The van der Waals surface area contributed by atoms with E-state index < -0.39 is 17.6 Å². The van der Waals surface area contributed by atoms with Crippen LogP contribution in [0.4, 0.5) is 4.39 Å². The number of benzene rings is 2. The number of esters is 1. The fourth-order valence-electron chi connectivity index (χ4n) is 1.82. The molecule has 0 unspecified atom stereocenters. The van der Waals surface area contributed by atoms with Gasteiger partial charge in [-0.25, -0.2) is 9.18 Å². The zero-order chi connectivity index (χ0) is 15.9. The van der Waals surface area contributed by atoms with E-state index in [1.807, 2.05) is 30.3 Å². The van der Waals surface area contributed by atoms with Crippen LogP contribution in [0.3, 0.4) is 0 Å². The van der Waals surface area contributed by atoms with Crippen LogP contribution in [0.2, 0.25) is 0 Å². The van der Waals surface area contributed by atoms with Crippen LogP contribution in [0, 0.1) is 5.82 Å². The summed E-state index contributed by atoms with van der Waals surface area (Å²) in [4.78, 5) is 23.2. The van der Waals surface area contributed by atoms with Crippen LogP contribution in [0.15, 0.2) is 48.5 Å². The summed E-state index contributed by atoms with van der Waals surface area (Å²) in [6, 6.07) is 13.1. The Hall–Kier alpha value is -2.69. The monoisotopic (exact) mass is 302 g/mol. The van der Waals surface area contributed by atoms with Crippen molar-refractivity contribution in [1.82, 2.24) is 0 Å². The van der Waals surface area contributed by atoms with Gasteiger partial charge in [-0.1, -0.05) is 30.3 Å². The molecule has 0 heterocycles. The Labute approximate surface area is 127 Å². The van der Waals surface area contributed by atoms with Gasteiger partial charge in [0.2, 0.25) is 0 Å². The maximum Gasteiger partial charge on any atom is 0.379 e. The van der Waals surface area contributed by atoms with Crippen LogP contribution < -0.4 is 4.74 Å². The molecule has 0 bridgehead atoms. The molecule has 2 rings (SSSR count). The molecule has 0 aliphatic rings. The number of halogens is 1. The Kier molecular flexibility index (Phi) is 5.25. The van der Waals surface area contributed by atoms with Gasteiger partial charge in [-0.15, -0.1) is 0 Å². The Balaban J connectivity index is 2.13. The summed E-state index contributed by atoms with van der Waals surface area (Å²) in [6.07, 6.45) is 0. The first kappa shape index (κ1) is 15.7. The van der Waals surface area contributed by atoms with Crippen molar-refractivity contribution in [3.05, 3.63) is 65.5 Å². The summed E-state index contributed by atoms with van der Waals surface area (Å²) in [5.41, 5.74) is 0.578. The number of carbonyl (C=O) groups excluding carboxylic acids is 2. The molecule has 0 atom stereocenters. The maximum absolute atomic E-state index is 13.7. The molecule has 5 heteroatoms. The van der Waals surface area contributed by atoms with Gasteiger partial charge in [0, 0.05) is 0 Å². The molecule has 4 nitrogen and oxygen atoms in total. The van der Waals surface area contributed by atoms with Gasteiger partial charge < -0.3 is 9.47 Å². The number of rotatable bonds is 6. The largest absolute Gasteiger partial charge is 0.489 e. The maximum atomic E-state index is 13.7. The van der Waals surface area contributed by atoms with Crippen LogP contribution in [0.25, 0.3) is 0 Å².